The maximum atomic E-state index is 12.7. The molecule has 1 aromatic rings. The first-order valence-electron chi connectivity index (χ1n) is 7.39. The van der Waals surface area contributed by atoms with Crippen molar-refractivity contribution in [2.45, 2.75) is 13.3 Å². The number of rotatable bonds is 1. The highest BCUT2D eigenvalue weighted by atomic mass is 16.2. The topological polar surface area (TPSA) is 49.6 Å². The molecule has 112 valence electrons. The standard InChI is InChI=1S/C17H23N3O/c1-14-6-7-15(5-3-8-18)13-16(14)17(21)20-10-4-9-19(2)11-12-20/h6-7,13H,4,8-12,18H2,1-2H3. The molecular weight excluding hydrogens is 262 g/mol. The van der Waals surface area contributed by atoms with Crippen LogP contribution in [0.1, 0.15) is 27.9 Å². The Hall–Kier alpha value is -1.83. The van der Waals surface area contributed by atoms with Gasteiger partial charge in [0.2, 0.25) is 0 Å². The highest BCUT2D eigenvalue weighted by molar-refractivity contribution is 5.96. The van der Waals surface area contributed by atoms with Gasteiger partial charge < -0.3 is 15.5 Å². The van der Waals surface area contributed by atoms with Crippen molar-refractivity contribution < 1.29 is 4.79 Å². The van der Waals surface area contributed by atoms with Gasteiger partial charge in [0.1, 0.15) is 0 Å². The molecule has 1 aliphatic heterocycles. The Morgan fingerprint density at radius 2 is 2.10 bits per heavy atom. The van der Waals surface area contributed by atoms with Gasteiger partial charge in [-0.3, -0.25) is 4.79 Å². The van der Waals surface area contributed by atoms with E-state index in [0.717, 1.165) is 49.3 Å². The van der Waals surface area contributed by atoms with Gasteiger partial charge in [0.05, 0.1) is 6.54 Å². The summed E-state index contributed by atoms with van der Waals surface area (Å²) in [5.74, 6) is 5.94. The zero-order valence-electron chi connectivity index (χ0n) is 12.9. The molecule has 0 bridgehead atoms. The summed E-state index contributed by atoms with van der Waals surface area (Å²) in [7, 11) is 2.10. The Balaban J connectivity index is 2.21. The Morgan fingerprint density at radius 3 is 2.86 bits per heavy atom. The van der Waals surface area contributed by atoms with Crippen molar-refractivity contribution in [2.75, 3.05) is 39.8 Å². The lowest BCUT2D eigenvalue weighted by Gasteiger charge is -2.21. The van der Waals surface area contributed by atoms with Crippen molar-refractivity contribution in [1.82, 2.24) is 9.80 Å². The lowest BCUT2D eigenvalue weighted by molar-refractivity contribution is 0.0762. The first kappa shape index (κ1) is 15.6. The minimum atomic E-state index is 0.110. The highest BCUT2D eigenvalue weighted by Crippen LogP contribution is 2.15. The molecule has 4 nitrogen and oxygen atoms in total. The van der Waals surface area contributed by atoms with E-state index in [1.54, 1.807) is 0 Å². The van der Waals surface area contributed by atoms with Gasteiger partial charge in [0, 0.05) is 30.8 Å². The van der Waals surface area contributed by atoms with E-state index in [4.69, 9.17) is 5.73 Å². The molecule has 2 N–H and O–H groups in total. The van der Waals surface area contributed by atoms with E-state index in [1.165, 1.54) is 0 Å². The number of hydrogen-bond acceptors (Lipinski definition) is 3. The molecule has 1 aromatic carbocycles. The minimum Gasteiger partial charge on any atom is -0.337 e. The molecule has 1 saturated heterocycles. The van der Waals surface area contributed by atoms with E-state index in [2.05, 4.69) is 23.8 Å². The summed E-state index contributed by atoms with van der Waals surface area (Å²) < 4.78 is 0. The molecule has 1 amide bonds. The smallest absolute Gasteiger partial charge is 0.254 e. The Kier molecular flexibility index (Phi) is 5.38. The van der Waals surface area contributed by atoms with Gasteiger partial charge in [0.25, 0.3) is 5.91 Å². The number of likely N-dealkylation sites (N-methyl/N-ethyl adjacent to an activating group) is 1. The van der Waals surface area contributed by atoms with Crippen LogP contribution < -0.4 is 5.73 Å². The SMILES string of the molecule is Cc1ccc(C#CCN)cc1C(=O)N1CCCN(C)CC1. The summed E-state index contributed by atoms with van der Waals surface area (Å²) in [5, 5.41) is 0. The summed E-state index contributed by atoms with van der Waals surface area (Å²) in [6.45, 7) is 5.88. The van der Waals surface area contributed by atoms with Crippen molar-refractivity contribution in [3.05, 3.63) is 34.9 Å². The van der Waals surface area contributed by atoms with Crippen molar-refractivity contribution in [1.29, 1.82) is 0 Å². The van der Waals surface area contributed by atoms with E-state index >= 15 is 0 Å². The van der Waals surface area contributed by atoms with Crippen molar-refractivity contribution in [3.8, 4) is 11.8 Å². The molecule has 0 radical (unpaired) electrons. The van der Waals surface area contributed by atoms with Crippen molar-refractivity contribution >= 4 is 5.91 Å². The van der Waals surface area contributed by atoms with Gasteiger partial charge >= 0.3 is 0 Å². The predicted octanol–water partition coefficient (Wildman–Crippen LogP) is 1.08. The minimum absolute atomic E-state index is 0.110. The van der Waals surface area contributed by atoms with Crippen LogP contribution in [-0.4, -0.2) is 55.5 Å². The normalized spacial score (nSPS) is 16.0. The van der Waals surface area contributed by atoms with Crippen LogP contribution in [0.4, 0.5) is 0 Å². The number of amides is 1. The van der Waals surface area contributed by atoms with Crippen LogP contribution in [0, 0.1) is 18.8 Å². The second kappa shape index (κ2) is 7.26. The van der Waals surface area contributed by atoms with Crippen molar-refractivity contribution in [3.63, 3.8) is 0 Å². The van der Waals surface area contributed by atoms with Crippen molar-refractivity contribution in [2.24, 2.45) is 5.73 Å². The third kappa shape index (κ3) is 4.07. The van der Waals surface area contributed by atoms with Gasteiger partial charge in [-0.25, -0.2) is 0 Å². The molecule has 0 atom stereocenters. The second-order valence-corrected chi connectivity index (χ2v) is 5.48. The Labute approximate surface area is 126 Å². The van der Waals surface area contributed by atoms with Crippen LogP contribution in [0.15, 0.2) is 18.2 Å². The lowest BCUT2D eigenvalue weighted by Crippen LogP contribution is -2.34. The van der Waals surface area contributed by atoms with E-state index in [1.807, 2.05) is 30.0 Å². The third-order valence-corrected chi connectivity index (χ3v) is 3.81. The number of carbonyl (C=O) groups is 1. The zero-order chi connectivity index (χ0) is 15.2. The van der Waals surface area contributed by atoms with Gasteiger partial charge in [-0.2, -0.15) is 0 Å². The Morgan fingerprint density at radius 1 is 1.29 bits per heavy atom. The van der Waals surface area contributed by atoms with Crippen LogP contribution >= 0.6 is 0 Å². The fourth-order valence-electron chi connectivity index (χ4n) is 2.50. The molecule has 2 rings (SSSR count). The molecule has 0 saturated carbocycles. The molecular formula is C17H23N3O. The number of nitrogens with two attached hydrogens (primary N) is 1. The average Bonchev–Trinajstić information content (AvgIpc) is 2.70. The van der Waals surface area contributed by atoms with E-state index < -0.39 is 0 Å². The maximum absolute atomic E-state index is 12.7. The molecule has 21 heavy (non-hydrogen) atoms. The van der Waals surface area contributed by atoms with Gasteiger partial charge in [-0.1, -0.05) is 17.9 Å². The van der Waals surface area contributed by atoms with Gasteiger partial charge in [0.15, 0.2) is 0 Å². The molecule has 1 aliphatic rings. The third-order valence-electron chi connectivity index (χ3n) is 3.81. The molecule has 0 spiro atoms. The molecule has 0 aliphatic carbocycles. The summed E-state index contributed by atoms with van der Waals surface area (Å²) >= 11 is 0. The van der Waals surface area contributed by atoms with E-state index in [0.29, 0.717) is 6.54 Å². The lowest BCUT2D eigenvalue weighted by atomic mass is 10.0. The van der Waals surface area contributed by atoms with Crippen LogP contribution in [0.25, 0.3) is 0 Å². The number of hydrogen-bond donors (Lipinski definition) is 1. The molecule has 0 aromatic heterocycles. The van der Waals surface area contributed by atoms with Crippen LogP contribution in [-0.2, 0) is 0 Å². The fraction of sp³-hybridized carbons (Fsp3) is 0.471. The maximum Gasteiger partial charge on any atom is 0.254 e. The Bertz CT molecular complexity index is 571. The molecule has 1 heterocycles. The molecule has 4 heteroatoms. The molecule has 1 fully saturated rings. The average molecular weight is 285 g/mol. The van der Waals surface area contributed by atoms with Gasteiger partial charge in [-0.15, -0.1) is 0 Å². The summed E-state index contributed by atoms with van der Waals surface area (Å²) in [6, 6.07) is 5.78. The number of aryl methyl sites for hydroxylation is 1. The second-order valence-electron chi connectivity index (χ2n) is 5.48. The first-order valence-corrected chi connectivity index (χ1v) is 7.39. The number of nitrogens with zero attached hydrogens (tertiary/aromatic N) is 2. The quantitative estimate of drug-likeness (QED) is 0.786. The molecule has 0 unspecified atom stereocenters. The fourth-order valence-corrected chi connectivity index (χ4v) is 2.50. The summed E-state index contributed by atoms with van der Waals surface area (Å²) in [5.41, 5.74) is 8.00. The van der Waals surface area contributed by atoms with E-state index in [9.17, 15) is 4.79 Å². The monoisotopic (exact) mass is 285 g/mol. The predicted molar refractivity (Wildman–Crippen MR) is 85.1 cm³/mol. The number of benzene rings is 1. The van der Waals surface area contributed by atoms with Crippen LogP contribution in [0.5, 0.6) is 0 Å². The van der Waals surface area contributed by atoms with Gasteiger partial charge in [-0.05, 0) is 44.6 Å². The highest BCUT2D eigenvalue weighted by Gasteiger charge is 2.20. The number of carbonyl (C=O) groups excluding carboxylic acids is 1. The first-order chi connectivity index (χ1) is 10.1. The van der Waals surface area contributed by atoms with Crippen LogP contribution in [0.2, 0.25) is 0 Å². The van der Waals surface area contributed by atoms with Crippen LogP contribution in [0.3, 0.4) is 0 Å². The summed E-state index contributed by atoms with van der Waals surface area (Å²) in [6.07, 6.45) is 1.02. The largest absolute Gasteiger partial charge is 0.337 e. The summed E-state index contributed by atoms with van der Waals surface area (Å²) in [4.78, 5) is 17.0. The van der Waals surface area contributed by atoms with E-state index in [-0.39, 0.29) is 5.91 Å². The zero-order valence-corrected chi connectivity index (χ0v) is 12.9.